The smallest absolute Gasteiger partial charge is 0.0468 e. The molecule has 0 radical (unpaired) electrons. The summed E-state index contributed by atoms with van der Waals surface area (Å²) in [5.74, 6) is 0. The van der Waals surface area contributed by atoms with Crippen molar-refractivity contribution in [2.75, 3.05) is 4.90 Å². The molecule has 10 rings (SSSR count). The first-order chi connectivity index (χ1) is 27.7. The number of rotatable bonds is 7. The SMILES string of the molecule is Brc1ccc(N(c2ccc(-c3ccccc3)cc2)c2ccc(-c3cc4ccccc4c4ccccc34)cc2)cc1-c1ccc(-c2ccc3ccccc3c2)cc1. The quantitative estimate of drug-likeness (QED) is 0.146. The highest BCUT2D eigenvalue weighted by Crippen LogP contribution is 2.42. The molecule has 264 valence electrons. The molecule has 2 heteroatoms. The maximum atomic E-state index is 3.91. The van der Waals surface area contributed by atoms with Crippen molar-refractivity contribution >= 4 is 65.3 Å². The first-order valence-corrected chi connectivity index (χ1v) is 19.8. The molecule has 0 atom stereocenters. The molecule has 0 amide bonds. The van der Waals surface area contributed by atoms with Crippen LogP contribution < -0.4 is 4.90 Å². The molecule has 0 saturated heterocycles. The zero-order chi connectivity index (χ0) is 37.4. The van der Waals surface area contributed by atoms with Crippen LogP contribution in [0.15, 0.2) is 223 Å². The number of fused-ring (bicyclic) bond motifs is 4. The molecule has 0 N–H and O–H groups in total. The van der Waals surface area contributed by atoms with Crippen molar-refractivity contribution < 1.29 is 0 Å². The first-order valence-electron chi connectivity index (χ1n) is 19.0. The molecule has 0 bridgehead atoms. The van der Waals surface area contributed by atoms with Crippen LogP contribution in [0.25, 0.3) is 76.8 Å². The van der Waals surface area contributed by atoms with Crippen molar-refractivity contribution in [1.29, 1.82) is 0 Å². The lowest BCUT2D eigenvalue weighted by atomic mass is 9.93. The van der Waals surface area contributed by atoms with E-state index in [1.165, 1.54) is 65.7 Å². The first kappa shape index (κ1) is 33.8. The van der Waals surface area contributed by atoms with Crippen molar-refractivity contribution in [2.45, 2.75) is 0 Å². The summed E-state index contributed by atoms with van der Waals surface area (Å²) in [6.45, 7) is 0. The van der Waals surface area contributed by atoms with Crippen LogP contribution in [0.4, 0.5) is 17.1 Å². The van der Waals surface area contributed by atoms with Gasteiger partial charge in [-0.2, -0.15) is 0 Å². The Balaban J connectivity index is 1.05. The van der Waals surface area contributed by atoms with E-state index in [9.17, 15) is 0 Å². The monoisotopic (exact) mass is 777 g/mol. The molecule has 0 aliphatic rings. The molecular weight excluding hydrogens is 743 g/mol. The van der Waals surface area contributed by atoms with Gasteiger partial charge < -0.3 is 4.90 Å². The maximum absolute atomic E-state index is 3.91. The lowest BCUT2D eigenvalue weighted by molar-refractivity contribution is 1.28. The predicted octanol–water partition coefficient (Wildman–Crippen LogP) is 16.0. The molecular formula is C54H36BrN. The molecule has 0 unspecified atom stereocenters. The fraction of sp³-hybridized carbons (Fsp3) is 0. The van der Waals surface area contributed by atoms with Crippen molar-refractivity contribution in [2.24, 2.45) is 0 Å². The third-order valence-corrected chi connectivity index (χ3v) is 11.6. The highest BCUT2D eigenvalue weighted by Gasteiger charge is 2.17. The van der Waals surface area contributed by atoms with Gasteiger partial charge in [0, 0.05) is 21.5 Å². The number of hydrogen-bond acceptors (Lipinski definition) is 1. The van der Waals surface area contributed by atoms with Crippen molar-refractivity contribution in [3.05, 3.63) is 223 Å². The molecule has 0 spiro atoms. The van der Waals surface area contributed by atoms with Gasteiger partial charge in [-0.15, -0.1) is 0 Å². The van der Waals surface area contributed by atoms with Crippen molar-refractivity contribution in [3.8, 4) is 44.5 Å². The fourth-order valence-corrected chi connectivity index (χ4v) is 8.52. The Morgan fingerprint density at radius 3 is 1.48 bits per heavy atom. The number of benzene rings is 10. The zero-order valence-corrected chi connectivity index (χ0v) is 32.2. The number of hydrogen-bond donors (Lipinski definition) is 0. The van der Waals surface area contributed by atoms with Gasteiger partial charge in [-0.05, 0) is 131 Å². The Hall–Kier alpha value is -6.74. The molecule has 0 aromatic heterocycles. The maximum Gasteiger partial charge on any atom is 0.0468 e. The Kier molecular flexibility index (Phi) is 8.74. The molecule has 56 heavy (non-hydrogen) atoms. The summed E-state index contributed by atoms with van der Waals surface area (Å²) in [6.07, 6.45) is 0. The van der Waals surface area contributed by atoms with E-state index in [0.29, 0.717) is 0 Å². The van der Waals surface area contributed by atoms with E-state index >= 15 is 0 Å². The van der Waals surface area contributed by atoms with Crippen LogP contribution in [0.1, 0.15) is 0 Å². The highest BCUT2D eigenvalue weighted by molar-refractivity contribution is 9.10. The molecule has 0 heterocycles. The highest BCUT2D eigenvalue weighted by atomic mass is 79.9. The Morgan fingerprint density at radius 2 is 0.750 bits per heavy atom. The summed E-state index contributed by atoms with van der Waals surface area (Å²) in [5, 5.41) is 7.57. The van der Waals surface area contributed by atoms with Gasteiger partial charge in [0.25, 0.3) is 0 Å². The molecule has 10 aromatic rings. The van der Waals surface area contributed by atoms with E-state index in [0.717, 1.165) is 32.7 Å². The van der Waals surface area contributed by atoms with Crippen molar-refractivity contribution in [1.82, 2.24) is 0 Å². The van der Waals surface area contributed by atoms with Gasteiger partial charge in [-0.1, -0.05) is 180 Å². The van der Waals surface area contributed by atoms with E-state index in [-0.39, 0.29) is 0 Å². The van der Waals surface area contributed by atoms with Crippen molar-refractivity contribution in [3.63, 3.8) is 0 Å². The summed E-state index contributed by atoms with van der Waals surface area (Å²) < 4.78 is 1.05. The predicted molar refractivity (Wildman–Crippen MR) is 243 cm³/mol. The fourth-order valence-electron chi connectivity index (χ4n) is 8.05. The van der Waals surface area contributed by atoms with Crippen LogP contribution in [-0.2, 0) is 0 Å². The Morgan fingerprint density at radius 1 is 0.268 bits per heavy atom. The molecule has 10 aromatic carbocycles. The average molecular weight is 779 g/mol. The van der Waals surface area contributed by atoms with E-state index in [1.807, 2.05) is 0 Å². The molecule has 0 fully saturated rings. The van der Waals surface area contributed by atoms with E-state index in [2.05, 4.69) is 239 Å². The standard InChI is InChI=1S/C54H36BrN/c55-54-33-32-48(36-53(54)42-21-18-40(19-22-42)44-23-20-38-12-4-5-13-43(38)34-44)56(46-28-24-39(25-29-46)37-10-2-1-3-11-37)47-30-26-41(27-31-47)52-35-45-14-6-7-15-49(45)50-16-8-9-17-51(50)52/h1-36H. The van der Waals surface area contributed by atoms with Crippen LogP contribution in [0.5, 0.6) is 0 Å². The van der Waals surface area contributed by atoms with Gasteiger partial charge in [0.15, 0.2) is 0 Å². The molecule has 1 nitrogen and oxygen atoms in total. The van der Waals surface area contributed by atoms with Gasteiger partial charge in [0.05, 0.1) is 0 Å². The summed E-state index contributed by atoms with van der Waals surface area (Å²) in [7, 11) is 0. The molecule has 0 aliphatic heterocycles. The van der Waals surface area contributed by atoms with Crippen LogP contribution in [-0.4, -0.2) is 0 Å². The summed E-state index contributed by atoms with van der Waals surface area (Å²) >= 11 is 3.91. The second kappa shape index (κ2) is 14.5. The van der Waals surface area contributed by atoms with Gasteiger partial charge in [0.2, 0.25) is 0 Å². The summed E-state index contributed by atoms with van der Waals surface area (Å²) in [6, 6.07) is 79.1. The summed E-state index contributed by atoms with van der Waals surface area (Å²) in [4.78, 5) is 2.36. The van der Waals surface area contributed by atoms with Gasteiger partial charge in [-0.3, -0.25) is 0 Å². The Bertz CT molecular complexity index is 3000. The largest absolute Gasteiger partial charge is 0.310 e. The Labute approximate surface area is 335 Å². The number of nitrogens with zero attached hydrogens (tertiary/aromatic N) is 1. The minimum atomic E-state index is 1.05. The topological polar surface area (TPSA) is 3.24 Å². The van der Waals surface area contributed by atoms with E-state index < -0.39 is 0 Å². The molecule has 0 aliphatic carbocycles. The third kappa shape index (κ3) is 6.34. The average Bonchev–Trinajstić information content (AvgIpc) is 3.27. The third-order valence-electron chi connectivity index (χ3n) is 10.9. The van der Waals surface area contributed by atoms with Gasteiger partial charge in [-0.25, -0.2) is 0 Å². The minimum absolute atomic E-state index is 1.05. The van der Waals surface area contributed by atoms with Crippen LogP contribution in [0, 0.1) is 0 Å². The summed E-state index contributed by atoms with van der Waals surface area (Å²) in [5.41, 5.74) is 12.8. The van der Waals surface area contributed by atoms with Crippen LogP contribution >= 0.6 is 15.9 Å². The second-order valence-electron chi connectivity index (χ2n) is 14.3. The van der Waals surface area contributed by atoms with E-state index in [4.69, 9.17) is 0 Å². The van der Waals surface area contributed by atoms with Gasteiger partial charge in [0.1, 0.15) is 0 Å². The normalized spacial score (nSPS) is 11.3. The lowest BCUT2D eigenvalue weighted by Gasteiger charge is -2.27. The number of halogens is 1. The second-order valence-corrected chi connectivity index (χ2v) is 15.1. The number of anilines is 3. The van der Waals surface area contributed by atoms with Crippen LogP contribution in [0.3, 0.4) is 0 Å². The molecule has 0 saturated carbocycles. The van der Waals surface area contributed by atoms with Crippen LogP contribution in [0.2, 0.25) is 0 Å². The lowest BCUT2D eigenvalue weighted by Crippen LogP contribution is -2.10. The zero-order valence-electron chi connectivity index (χ0n) is 30.6. The van der Waals surface area contributed by atoms with E-state index in [1.54, 1.807) is 0 Å². The van der Waals surface area contributed by atoms with Gasteiger partial charge >= 0.3 is 0 Å². The minimum Gasteiger partial charge on any atom is -0.310 e.